The molecule has 6 heteroatoms. The van der Waals surface area contributed by atoms with Gasteiger partial charge in [0.15, 0.2) is 0 Å². The van der Waals surface area contributed by atoms with Gasteiger partial charge in [-0.1, -0.05) is 44.2 Å². The van der Waals surface area contributed by atoms with Crippen molar-refractivity contribution in [1.82, 2.24) is 14.9 Å². The average molecular weight is 415 g/mol. The Balaban J connectivity index is 1.62. The summed E-state index contributed by atoms with van der Waals surface area (Å²) >= 11 is 6.34. The fraction of sp³-hybridized carbons (Fsp3) is 0.565. The summed E-state index contributed by atoms with van der Waals surface area (Å²) in [6.45, 7) is 10.5. The first-order valence-corrected chi connectivity index (χ1v) is 10.9. The number of anilines is 1. The molecule has 2 aliphatic heterocycles. The first kappa shape index (κ1) is 20.6. The maximum absolute atomic E-state index is 6.34. The van der Waals surface area contributed by atoms with E-state index in [2.05, 4.69) is 65.9 Å². The Labute approximate surface area is 179 Å². The molecule has 29 heavy (non-hydrogen) atoms. The predicted octanol–water partition coefficient (Wildman–Crippen LogP) is 4.50. The van der Waals surface area contributed by atoms with Crippen molar-refractivity contribution in [1.29, 1.82) is 0 Å². The standard InChI is InChI=1S/C23H31ClN4O/c1-16(17-8-6-5-7-9-17)27-12-10-19-18(14-27)21(26-22(24)25-19)28-13-11-20(29-4)23(2,3)15-28/h5-9,16,20H,10-15H2,1-4H3. The molecule has 2 atom stereocenters. The molecule has 0 N–H and O–H groups in total. The lowest BCUT2D eigenvalue weighted by atomic mass is 9.81. The van der Waals surface area contributed by atoms with Crippen LogP contribution < -0.4 is 4.90 Å². The van der Waals surface area contributed by atoms with Crippen molar-refractivity contribution in [3.8, 4) is 0 Å². The lowest BCUT2D eigenvalue weighted by Crippen LogP contribution is -2.50. The number of piperidine rings is 1. The van der Waals surface area contributed by atoms with Gasteiger partial charge < -0.3 is 9.64 Å². The van der Waals surface area contributed by atoms with E-state index < -0.39 is 0 Å². The number of hydrogen-bond acceptors (Lipinski definition) is 5. The van der Waals surface area contributed by atoms with Crippen LogP contribution in [0.2, 0.25) is 5.28 Å². The molecule has 1 fully saturated rings. The number of halogens is 1. The molecule has 1 saturated heterocycles. The number of ether oxygens (including phenoxy) is 1. The molecular weight excluding hydrogens is 384 g/mol. The molecule has 2 unspecified atom stereocenters. The fourth-order valence-corrected chi connectivity index (χ4v) is 5.06. The minimum atomic E-state index is 0.0585. The quantitative estimate of drug-likeness (QED) is 0.689. The maximum Gasteiger partial charge on any atom is 0.224 e. The number of aromatic nitrogens is 2. The van der Waals surface area contributed by atoms with Gasteiger partial charge in [-0.25, -0.2) is 9.97 Å². The van der Waals surface area contributed by atoms with Gasteiger partial charge >= 0.3 is 0 Å². The zero-order chi connectivity index (χ0) is 20.6. The number of hydrogen-bond donors (Lipinski definition) is 0. The van der Waals surface area contributed by atoms with E-state index in [1.807, 2.05) is 7.11 Å². The Hall–Kier alpha value is -1.69. The van der Waals surface area contributed by atoms with Gasteiger partial charge in [0.25, 0.3) is 0 Å². The second-order valence-corrected chi connectivity index (χ2v) is 9.31. The Morgan fingerprint density at radius 3 is 2.62 bits per heavy atom. The third kappa shape index (κ3) is 4.14. The summed E-state index contributed by atoms with van der Waals surface area (Å²) in [5.41, 5.74) is 3.73. The first-order chi connectivity index (χ1) is 13.9. The van der Waals surface area contributed by atoms with Crippen molar-refractivity contribution in [2.45, 2.75) is 52.3 Å². The van der Waals surface area contributed by atoms with Gasteiger partial charge in [0.05, 0.1) is 11.8 Å². The lowest BCUT2D eigenvalue weighted by molar-refractivity contribution is -0.00652. The van der Waals surface area contributed by atoms with Crippen LogP contribution in [0.4, 0.5) is 5.82 Å². The van der Waals surface area contributed by atoms with Crippen LogP contribution in [0.15, 0.2) is 30.3 Å². The number of fused-ring (bicyclic) bond motifs is 1. The van der Waals surface area contributed by atoms with E-state index in [1.54, 1.807) is 0 Å². The molecule has 0 bridgehead atoms. The molecule has 1 aromatic carbocycles. The second-order valence-electron chi connectivity index (χ2n) is 8.97. The summed E-state index contributed by atoms with van der Waals surface area (Å²) < 4.78 is 5.73. The summed E-state index contributed by atoms with van der Waals surface area (Å²) in [6, 6.07) is 11.1. The largest absolute Gasteiger partial charge is 0.381 e. The van der Waals surface area contributed by atoms with Crippen LogP contribution in [-0.4, -0.2) is 47.7 Å². The number of nitrogens with zero attached hydrogens (tertiary/aromatic N) is 4. The molecule has 2 aromatic rings. The number of methoxy groups -OCH3 is 1. The van der Waals surface area contributed by atoms with Gasteiger partial charge in [0.1, 0.15) is 5.82 Å². The van der Waals surface area contributed by atoms with E-state index in [4.69, 9.17) is 21.3 Å². The summed E-state index contributed by atoms with van der Waals surface area (Å²) in [4.78, 5) is 14.2. The molecule has 0 amide bonds. The monoisotopic (exact) mass is 414 g/mol. The highest BCUT2D eigenvalue weighted by molar-refractivity contribution is 6.28. The molecule has 4 rings (SSSR count). The van der Waals surface area contributed by atoms with E-state index in [-0.39, 0.29) is 11.5 Å². The molecule has 0 saturated carbocycles. The van der Waals surface area contributed by atoms with Gasteiger partial charge in [-0.05, 0) is 30.5 Å². The van der Waals surface area contributed by atoms with Gasteiger partial charge in [-0.2, -0.15) is 0 Å². The van der Waals surface area contributed by atoms with Crippen molar-refractivity contribution in [2.24, 2.45) is 5.41 Å². The SMILES string of the molecule is COC1CCN(c2nc(Cl)nc3c2CN(C(C)c2ccccc2)CC3)CC1(C)C. The van der Waals surface area contributed by atoms with Gasteiger partial charge in [-0.15, -0.1) is 0 Å². The van der Waals surface area contributed by atoms with E-state index in [9.17, 15) is 0 Å². The van der Waals surface area contributed by atoms with Crippen molar-refractivity contribution >= 4 is 17.4 Å². The maximum atomic E-state index is 6.34. The summed E-state index contributed by atoms with van der Waals surface area (Å²) in [5, 5.41) is 0.356. The van der Waals surface area contributed by atoms with Crippen molar-refractivity contribution in [2.75, 3.05) is 31.6 Å². The van der Waals surface area contributed by atoms with Gasteiger partial charge in [-0.3, -0.25) is 4.90 Å². The van der Waals surface area contributed by atoms with E-state index in [0.29, 0.717) is 11.3 Å². The Kier molecular flexibility index (Phi) is 5.83. The smallest absolute Gasteiger partial charge is 0.224 e. The van der Waals surface area contributed by atoms with Crippen molar-refractivity contribution in [3.05, 3.63) is 52.4 Å². The zero-order valence-electron chi connectivity index (χ0n) is 17.9. The van der Waals surface area contributed by atoms with Crippen molar-refractivity contribution in [3.63, 3.8) is 0 Å². The Bertz CT molecular complexity index is 857. The molecule has 3 heterocycles. The molecule has 0 radical (unpaired) electrons. The molecule has 156 valence electrons. The highest BCUT2D eigenvalue weighted by atomic mass is 35.5. The summed E-state index contributed by atoms with van der Waals surface area (Å²) in [5.74, 6) is 1.01. The highest BCUT2D eigenvalue weighted by Gasteiger charge is 2.38. The number of rotatable bonds is 4. The van der Waals surface area contributed by atoms with E-state index >= 15 is 0 Å². The number of benzene rings is 1. The van der Waals surface area contributed by atoms with Gasteiger partial charge in [0.2, 0.25) is 5.28 Å². The zero-order valence-corrected chi connectivity index (χ0v) is 18.6. The minimum Gasteiger partial charge on any atom is -0.381 e. The molecule has 0 aliphatic carbocycles. The van der Waals surface area contributed by atoms with Crippen LogP contribution in [0.25, 0.3) is 0 Å². The van der Waals surface area contributed by atoms with Crippen LogP contribution in [0, 0.1) is 5.41 Å². The molecule has 0 spiro atoms. The molecular formula is C23H31ClN4O. The summed E-state index contributed by atoms with van der Waals surface area (Å²) in [6.07, 6.45) is 2.16. The van der Waals surface area contributed by atoms with Crippen LogP contribution in [0.3, 0.4) is 0 Å². The van der Waals surface area contributed by atoms with Crippen LogP contribution >= 0.6 is 11.6 Å². The average Bonchev–Trinajstić information content (AvgIpc) is 2.72. The van der Waals surface area contributed by atoms with Crippen LogP contribution in [0.5, 0.6) is 0 Å². The van der Waals surface area contributed by atoms with Crippen LogP contribution in [0.1, 0.15) is 50.1 Å². The third-order valence-corrected chi connectivity index (χ3v) is 6.75. The highest BCUT2D eigenvalue weighted by Crippen LogP contribution is 2.37. The van der Waals surface area contributed by atoms with E-state index in [1.165, 1.54) is 11.1 Å². The molecule has 2 aliphatic rings. The fourth-order valence-electron chi connectivity index (χ4n) is 4.88. The normalized spacial score (nSPS) is 22.9. The predicted molar refractivity (Wildman–Crippen MR) is 117 cm³/mol. The van der Waals surface area contributed by atoms with Gasteiger partial charge in [0, 0.05) is 56.7 Å². The lowest BCUT2D eigenvalue weighted by Gasteiger charge is -2.45. The second kappa shape index (κ2) is 8.21. The Morgan fingerprint density at radius 1 is 1.17 bits per heavy atom. The van der Waals surface area contributed by atoms with E-state index in [0.717, 1.165) is 50.5 Å². The topological polar surface area (TPSA) is 41.5 Å². The molecule has 1 aromatic heterocycles. The Morgan fingerprint density at radius 2 is 1.93 bits per heavy atom. The summed E-state index contributed by atoms with van der Waals surface area (Å²) in [7, 11) is 1.81. The van der Waals surface area contributed by atoms with Crippen LogP contribution in [-0.2, 0) is 17.7 Å². The first-order valence-electron chi connectivity index (χ1n) is 10.5. The molecule has 5 nitrogen and oxygen atoms in total. The minimum absolute atomic E-state index is 0.0585. The third-order valence-electron chi connectivity index (χ3n) is 6.59. The van der Waals surface area contributed by atoms with Crippen molar-refractivity contribution < 1.29 is 4.74 Å².